The van der Waals surface area contributed by atoms with Crippen LogP contribution in [0.5, 0.6) is 0 Å². The summed E-state index contributed by atoms with van der Waals surface area (Å²) in [6.07, 6.45) is 0.233. The number of amides is 1. The molecular formula is C16H14N2O3. The Kier molecular flexibility index (Phi) is 3.31. The summed E-state index contributed by atoms with van der Waals surface area (Å²) in [6.45, 7) is 1.99. The molecule has 0 fully saturated rings. The van der Waals surface area contributed by atoms with E-state index in [1.54, 1.807) is 18.2 Å². The molecule has 2 N–H and O–H groups in total. The number of carbonyl (C=O) groups is 1. The number of rotatable bonds is 3. The van der Waals surface area contributed by atoms with E-state index in [0.717, 1.165) is 16.8 Å². The third-order valence-corrected chi connectivity index (χ3v) is 3.18. The van der Waals surface area contributed by atoms with Crippen LogP contribution in [0, 0.1) is 6.92 Å². The van der Waals surface area contributed by atoms with Crippen molar-refractivity contribution in [3.8, 4) is 0 Å². The highest BCUT2D eigenvalue weighted by Gasteiger charge is 2.07. The second-order valence-corrected chi connectivity index (χ2v) is 4.94. The molecule has 1 heterocycles. The Hall–Kier alpha value is -2.82. The first-order chi connectivity index (χ1) is 10.1. The second-order valence-electron chi connectivity index (χ2n) is 4.94. The average molecular weight is 282 g/mol. The molecule has 0 saturated heterocycles. The number of carbonyl (C=O) groups excluding carboxylic acids is 1. The van der Waals surface area contributed by atoms with Gasteiger partial charge in [0.15, 0.2) is 5.58 Å². The monoisotopic (exact) mass is 282 g/mol. The maximum atomic E-state index is 12.0. The van der Waals surface area contributed by atoms with E-state index in [4.69, 9.17) is 4.42 Å². The van der Waals surface area contributed by atoms with E-state index < -0.39 is 5.76 Å². The van der Waals surface area contributed by atoms with Crippen LogP contribution in [0.25, 0.3) is 11.1 Å². The van der Waals surface area contributed by atoms with Crippen molar-refractivity contribution < 1.29 is 9.21 Å². The van der Waals surface area contributed by atoms with Crippen LogP contribution in [0.3, 0.4) is 0 Å². The lowest BCUT2D eigenvalue weighted by molar-refractivity contribution is -0.115. The van der Waals surface area contributed by atoms with E-state index in [1.807, 2.05) is 31.2 Å². The van der Waals surface area contributed by atoms with Gasteiger partial charge in [0.1, 0.15) is 0 Å². The number of fused-ring (bicyclic) bond motifs is 1. The highest BCUT2D eigenvalue weighted by atomic mass is 16.4. The lowest BCUT2D eigenvalue weighted by Crippen LogP contribution is -2.14. The van der Waals surface area contributed by atoms with E-state index >= 15 is 0 Å². The van der Waals surface area contributed by atoms with Gasteiger partial charge in [0, 0.05) is 5.69 Å². The normalized spacial score (nSPS) is 10.7. The first kappa shape index (κ1) is 13.2. The average Bonchev–Trinajstić information content (AvgIpc) is 2.80. The summed E-state index contributed by atoms with van der Waals surface area (Å²) in [5.41, 5.74) is 3.80. The molecule has 0 aliphatic carbocycles. The highest BCUT2D eigenvalue weighted by Crippen LogP contribution is 2.14. The summed E-state index contributed by atoms with van der Waals surface area (Å²) < 4.78 is 4.92. The molecule has 3 rings (SSSR count). The molecule has 0 bridgehead atoms. The van der Waals surface area contributed by atoms with E-state index in [2.05, 4.69) is 10.3 Å². The lowest BCUT2D eigenvalue weighted by atomic mass is 10.1. The summed E-state index contributed by atoms with van der Waals surface area (Å²) in [4.78, 5) is 25.7. The van der Waals surface area contributed by atoms with Crippen molar-refractivity contribution in [1.82, 2.24) is 4.98 Å². The van der Waals surface area contributed by atoms with Crippen molar-refractivity contribution in [3.63, 3.8) is 0 Å². The quantitative estimate of drug-likeness (QED) is 0.775. The van der Waals surface area contributed by atoms with Gasteiger partial charge in [-0.15, -0.1) is 0 Å². The molecule has 0 spiro atoms. The number of aromatic amines is 1. The number of hydrogen-bond acceptors (Lipinski definition) is 3. The first-order valence-corrected chi connectivity index (χ1v) is 6.58. The zero-order chi connectivity index (χ0) is 14.8. The molecular weight excluding hydrogens is 268 g/mol. The van der Waals surface area contributed by atoms with Gasteiger partial charge in [0.05, 0.1) is 11.9 Å². The SMILES string of the molecule is Cc1ccc(NC(=O)Cc2ccc3oc(=O)[nH]c3c2)cc1. The molecule has 5 nitrogen and oxygen atoms in total. The largest absolute Gasteiger partial charge is 0.417 e. The van der Waals surface area contributed by atoms with Crippen LogP contribution in [0.4, 0.5) is 5.69 Å². The predicted octanol–water partition coefficient (Wildman–Crippen LogP) is 2.61. The van der Waals surface area contributed by atoms with Gasteiger partial charge in [-0.25, -0.2) is 4.79 Å². The molecule has 21 heavy (non-hydrogen) atoms. The van der Waals surface area contributed by atoms with Crippen LogP contribution in [-0.2, 0) is 11.2 Å². The highest BCUT2D eigenvalue weighted by molar-refractivity contribution is 5.92. The molecule has 0 atom stereocenters. The third kappa shape index (κ3) is 3.02. The van der Waals surface area contributed by atoms with Crippen LogP contribution in [0.1, 0.15) is 11.1 Å². The van der Waals surface area contributed by atoms with Gasteiger partial charge < -0.3 is 9.73 Å². The van der Waals surface area contributed by atoms with Gasteiger partial charge in [-0.3, -0.25) is 9.78 Å². The number of benzene rings is 2. The predicted molar refractivity (Wildman–Crippen MR) is 80.3 cm³/mol. The van der Waals surface area contributed by atoms with E-state index in [9.17, 15) is 9.59 Å². The molecule has 2 aromatic carbocycles. The third-order valence-electron chi connectivity index (χ3n) is 3.18. The molecule has 3 aromatic rings. The Morgan fingerprint density at radius 1 is 1.19 bits per heavy atom. The van der Waals surface area contributed by atoms with E-state index in [0.29, 0.717) is 11.1 Å². The lowest BCUT2D eigenvalue weighted by Gasteiger charge is -2.05. The van der Waals surface area contributed by atoms with Gasteiger partial charge in [-0.05, 0) is 36.8 Å². The van der Waals surface area contributed by atoms with E-state index in [-0.39, 0.29) is 12.3 Å². The minimum atomic E-state index is -0.494. The fourth-order valence-corrected chi connectivity index (χ4v) is 2.14. The summed E-state index contributed by atoms with van der Waals surface area (Å²) in [6, 6.07) is 12.8. The smallest absolute Gasteiger partial charge is 0.408 e. The molecule has 1 aromatic heterocycles. The zero-order valence-electron chi connectivity index (χ0n) is 11.5. The Balaban J connectivity index is 1.73. The minimum absolute atomic E-state index is 0.107. The Morgan fingerprint density at radius 2 is 1.95 bits per heavy atom. The van der Waals surface area contributed by atoms with Crippen LogP contribution < -0.4 is 11.1 Å². The van der Waals surface area contributed by atoms with Gasteiger partial charge in [-0.2, -0.15) is 0 Å². The molecule has 5 heteroatoms. The number of oxazole rings is 1. The first-order valence-electron chi connectivity index (χ1n) is 6.58. The number of hydrogen-bond donors (Lipinski definition) is 2. The van der Waals surface area contributed by atoms with Gasteiger partial charge >= 0.3 is 5.76 Å². The van der Waals surface area contributed by atoms with Crippen molar-refractivity contribution in [2.75, 3.05) is 5.32 Å². The van der Waals surface area contributed by atoms with Crippen LogP contribution >= 0.6 is 0 Å². The van der Waals surface area contributed by atoms with Gasteiger partial charge in [0.25, 0.3) is 0 Å². The summed E-state index contributed by atoms with van der Waals surface area (Å²) in [5, 5.41) is 2.84. The number of H-pyrrole nitrogens is 1. The number of aryl methyl sites for hydroxylation is 1. The molecule has 0 saturated carbocycles. The van der Waals surface area contributed by atoms with Crippen molar-refractivity contribution in [1.29, 1.82) is 0 Å². The molecule has 0 aliphatic rings. The van der Waals surface area contributed by atoms with Crippen molar-refractivity contribution in [3.05, 3.63) is 64.1 Å². The fourth-order valence-electron chi connectivity index (χ4n) is 2.14. The second kappa shape index (κ2) is 5.28. The summed E-state index contributed by atoms with van der Waals surface area (Å²) in [7, 11) is 0. The molecule has 1 amide bonds. The summed E-state index contributed by atoms with van der Waals surface area (Å²) >= 11 is 0. The van der Waals surface area contributed by atoms with Crippen LogP contribution in [0.15, 0.2) is 51.7 Å². The van der Waals surface area contributed by atoms with E-state index in [1.165, 1.54) is 0 Å². The minimum Gasteiger partial charge on any atom is -0.408 e. The standard InChI is InChI=1S/C16H14N2O3/c1-10-2-5-12(6-3-10)17-15(19)9-11-4-7-14-13(8-11)18-16(20)21-14/h2-8H,9H2,1H3,(H,17,19)(H,18,20). The Bertz CT molecular complexity index is 844. The number of anilines is 1. The Labute approximate surface area is 120 Å². The number of nitrogens with one attached hydrogen (secondary N) is 2. The maximum Gasteiger partial charge on any atom is 0.417 e. The molecule has 0 unspecified atom stereocenters. The molecule has 0 aliphatic heterocycles. The van der Waals surface area contributed by atoms with Crippen LogP contribution in [0.2, 0.25) is 0 Å². The van der Waals surface area contributed by atoms with Gasteiger partial charge in [0.2, 0.25) is 5.91 Å². The van der Waals surface area contributed by atoms with Crippen molar-refractivity contribution >= 4 is 22.7 Å². The maximum absolute atomic E-state index is 12.0. The van der Waals surface area contributed by atoms with Crippen LogP contribution in [-0.4, -0.2) is 10.9 Å². The van der Waals surface area contributed by atoms with Crippen molar-refractivity contribution in [2.24, 2.45) is 0 Å². The number of aromatic nitrogens is 1. The molecule has 106 valence electrons. The van der Waals surface area contributed by atoms with Crippen molar-refractivity contribution in [2.45, 2.75) is 13.3 Å². The fraction of sp³-hybridized carbons (Fsp3) is 0.125. The molecule has 0 radical (unpaired) electrons. The zero-order valence-corrected chi connectivity index (χ0v) is 11.5. The summed E-state index contributed by atoms with van der Waals surface area (Å²) in [5.74, 6) is -0.602. The Morgan fingerprint density at radius 3 is 2.71 bits per heavy atom. The van der Waals surface area contributed by atoms with Gasteiger partial charge in [-0.1, -0.05) is 23.8 Å². The topological polar surface area (TPSA) is 75.1 Å².